The molecule has 1 heterocycles. The summed E-state index contributed by atoms with van der Waals surface area (Å²) in [5.41, 5.74) is 4.14. The first-order valence-electron chi connectivity index (χ1n) is 8.68. The molecule has 5 nitrogen and oxygen atoms in total. The fourth-order valence-electron chi connectivity index (χ4n) is 2.64. The number of nitrogens with zero attached hydrogens (tertiary/aromatic N) is 3. The molecule has 138 valence electrons. The van der Waals surface area contributed by atoms with Gasteiger partial charge in [0.05, 0.1) is 5.75 Å². The minimum atomic E-state index is -0.0716. The molecule has 3 aromatic rings. The molecule has 1 amide bonds. The number of nitrogens with one attached hydrogen (secondary N) is 1. The van der Waals surface area contributed by atoms with Gasteiger partial charge in [0.25, 0.3) is 0 Å². The Labute approximate surface area is 163 Å². The van der Waals surface area contributed by atoms with Crippen LogP contribution in [0.4, 0.5) is 5.69 Å². The summed E-state index contributed by atoms with van der Waals surface area (Å²) in [6.07, 6.45) is 1.80. The van der Waals surface area contributed by atoms with E-state index in [-0.39, 0.29) is 11.7 Å². The molecule has 1 N–H and O–H groups in total. The molecule has 0 atom stereocenters. The number of amides is 1. The maximum atomic E-state index is 12.3. The van der Waals surface area contributed by atoms with Crippen LogP contribution in [0.25, 0.3) is 11.4 Å². The van der Waals surface area contributed by atoms with Crippen molar-refractivity contribution in [1.29, 1.82) is 0 Å². The van der Waals surface area contributed by atoms with E-state index in [2.05, 4.69) is 22.1 Å². The molecule has 0 radical (unpaired) electrons. The van der Waals surface area contributed by atoms with Crippen molar-refractivity contribution in [2.75, 3.05) is 11.1 Å². The molecule has 1 aromatic heterocycles. The van der Waals surface area contributed by atoms with Gasteiger partial charge in [-0.15, -0.1) is 16.8 Å². The number of aryl methyl sites for hydroxylation is 2. The second-order valence-corrected chi connectivity index (χ2v) is 7.15. The molecule has 0 spiro atoms. The van der Waals surface area contributed by atoms with Gasteiger partial charge in [-0.1, -0.05) is 54.2 Å². The van der Waals surface area contributed by atoms with Crippen LogP contribution >= 0.6 is 11.8 Å². The molecule has 2 aromatic carbocycles. The van der Waals surface area contributed by atoms with Crippen molar-refractivity contribution < 1.29 is 4.79 Å². The summed E-state index contributed by atoms with van der Waals surface area (Å²) in [4.78, 5) is 12.3. The Hall–Kier alpha value is -2.86. The Balaban J connectivity index is 1.70. The molecule has 3 rings (SSSR count). The third kappa shape index (κ3) is 4.65. The number of hydrogen-bond acceptors (Lipinski definition) is 4. The first-order chi connectivity index (χ1) is 13.1. The average Bonchev–Trinajstić information content (AvgIpc) is 3.07. The van der Waals surface area contributed by atoms with Crippen molar-refractivity contribution in [1.82, 2.24) is 14.8 Å². The van der Waals surface area contributed by atoms with Crippen LogP contribution in [-0.2, 0) is 11.3 Å². The summed E-state index contributed by atoms with van der Waals surface area (Å²) >= 11 is 1.37. The van der Waals surface area contributed by atoms with Gasteiger partial charge in [-0.05, 0) is 37.1 Å². The van der Waals surface area contributed by atoms with Gasteiger partial charge in [0, 0.05) is 17.8 Å². The van der Waals surface area contributed by atoms with Gasteiger partial charge in [0.1, 0.15) is 0 Å². The minimum Gasteiger partial charge on any atom is -0.325 e. The van der Waals surface area contributed by atoms with Crippen LogP contribution in [-0.4, -0.2) is 26.4 Å². The molecular weight excluding hydrogens is 356 g/mol. The zero-order valence-corrected chi connectivity index (χ0v) is 16.3. The third-order valence-electron chi connectivity index (χ3n) is 4.18. The second kappa shape index (κ2) is 8.68. The second-order valence-electron chi connectivity index (χ2n) is 6.21. The Morgan fingerprint density at radius 2 is 1.93 bits per heavy atom. The predicted octanol–water partition coefficient (Wildman–Crippen LogP) is 4.48. The molecule has 0 unspecified atom stereocenters. The number of aromatic nitrogens is 3. The number of allylic oxidation sites excluding steroid dienone is 1. The number of thioether (sulfide) groups is 1. The van der Waals surface area contributed by atoms with Gasteiger partial charge in [-0.2, -0.15) is 0 Å². The van der Waals surface area contributed by atoms with E-state index >= 15 is 0 Å². The number of carbonyl (C=O) groups is 1. The molecule has 0 aliphatic carbocycles. The van der Waals surface area contributed by atoms with Crippen molar-refractivity contribution in [2.45, 2.75) is 25.5 Å². The van der Waals surface area contributed by atoms with Crippen LogP contribution in [0.2, 0.25) is 0 Å². The summed E-state index contributed by atoms with van der Waals surface area (Å²) in [7, 11) is 0. The molecule has 0 aliphatic heterocycles. The molecule has 6 heteroatoms. The zero-order valence-electron chi connectivity index (χ0n) is 15.5. The largest absolute Gasteiger partial charge is 0.325 e. The van der Waals surface area contributed by atoms with E-state index < -0.39 is 0 Å². The van der Waals surface area contributed by atoms with E-state index in [9.17, 15) is 4.79 Å². The Morgan fingerprint density at radius 3 is 2.63 bits per heavy atom. The van der Waals surface area contributed by atoms with Gasteiger partial charge in [-0.25, -0.2) is 0 Å². The fourth-order valence-corrected chi connectivity index (χ4v) is 3.38. The first-order valence-corrected chi connectivity index (χ1v) is 9.66. The highest BCUT2D eigenvalue weighted by Gasteiger charge is 2.15. The number of benzene rings is 2. The zero-order chi connectivity index (χ0) is 19.2. The van der Waals surface area contributed by atoms with Crippen molar-refractivity contribution in [3.8, 4) is 11.4 Å². The molecule has 0 saturated carbocycles. The lowest BCUT2D eigenvalue weighted by molar-refractivity contribution is -0.113. The number of hydrogen-bond donors (Lipinski definition) is 1. The van der Waals surface area contributed by atoms with Gasteiger partial charge in [0.15, 0.2) is 11.0 Å². The van der Waals surface area contributed by atoms with Crippen LogP contribution in [0.5, 0.6) is 0 Å². The lowest BCUT2D eigenvalue weighted by Crippen LogP contribution is -2.14. The maximum absolute atomic E-state index is 12.3. The van der Waals surface area contributed by atoms with E-state index in [0.29, 0.717) is 11.7 Å². The Kier molecular flexibility index (Phi) is 6.08. The summed E-state index contributed by atoms with van der Waals surface area (Å²) < 4.78 is 1.97. The number of carbonyl (C=O) groups excluding carboxylic acids is 1. The van der Waals surface area contributed by atoms with Gasteiger partial charge >= 0.3 is 0 Å². The van der Waals surface area contributed by atoms with E-state index in [1.807, 2.05) is 66.9 Å². The van der Waals surface area contributed by atoms with Crippen LogP contribution in [0.15, 0.2) is 66.3 Å². The summed E-state index contributed by atoms with van der Waals surface area (Å²) in [5, 5.41) is 12.2. The quantitative estimate of drug-likeness (QED) is 0.486. The van der Waals surface area contributed by atoms with Gasteiger partial charge < -0.3 is 5.32 Å². The predicted molar refractivity (Wildman–Crippen MR) is 111 cm³/mol. The van der Waals surface area contributed by atoms with Crippen molar-refractivity contribution in [3.63, 3.8) is 0 Å². The normalized spacial score (nSPS) is 10.6. The van der Waals surface area contributed by atoms with Crippen molar-refractivity contribution >= 4 is 23.4 Å². The standard InChI is InChI=1S/C21H22N4OS/c1-4-12-25-20(17-8-6-5-7-9-17)23-24-21(25)27-14-19(26)22-18-11-10-15(2)16(3)13-18/h4-11,13H,1,12,14H2,2-3H3,(H,22,26). The highest BCUT2D eigenvalue weighted by molar-refractivity contribution is 7.99. The van der Waals surface area contributed by atoms with E-state index in [0.717, 1.165) is 22.6 Å². The van der Waals surface area contributed by atoms with Crippen LogP contribution in [0.1, 0.15) is 11.1 Å². The fraction of sp³-hybridized carbons (Fsp3) is 0.190. The highest BCUT2D eigenvalue weighted by atomic mass is 32.2. The van der Waals surface area contributed by atoms with E-state index in [1.165, 1.54) is 17.3 Å². The Bertz CT molecular complexity index is 950. The third-order valence-corrected chi connectivity index (χ3v) is 5.15. The first kappa shape index (κ1) is 18.9. The monoisotopic (exact) mass is 378 g/mol. The SMILES string of the molecule is C=CCn1c(SCC(=O)Nc2ccc(C)c(C)c2)nnc1-c1ccccc1. The topological polar surface area (TPSA) is 59.8 Å². The summed E-state index contributed by atoms with van der Waals surface area (Å²) in [6.45, 7) is 8.47. The van der Waals surface area contributed by atoms with Crippen LogP contribution < -0.4 is 5.32 Å². The number of anilines is 1. The van der Waals surface area contributed by atoms with Crippen LogP contribution in [0, 0.1) is 13.8 Å². The lowest BCUT2D eigenvalue weighted by atomic mass is 10.1. The lowest BCUT2D eigenvalue weighted by Gasteiger charge is -2.09. The van der Waals surface area contributed by atoms with Gasteiger partial charge in [0.2, 0.25) is 5.91 Å². The van der Waals surface area contributed by atoms with E-state index in [4.69, 9.17) is 0 Å². The summed E-state index contributed by atoms with van der Waals surface area (Å²) in [6, 6.07) is 15.8. The van der Waals surface area contributed by atoms with Crippen LogP contribution in [0.3, 0.4) is 0 Å². The molecule has 0 aliphatic rings. The van der Waals surface area contributed by atoms with E-state index in [1.54, 1.807) is 6.08 Å². The molecular formula is C21H22N4OS. The Morgan fingerprint density at radius 1 is 1.15 bits per heavy atom. The minimum absolute atomic E-state index is 0.0716. The molecule has 0 bridgehead atoms. The summed E-state index contributed by atoms with van der Waals surface area (Å²) in [5.74, 6) is 0.960. The van der Waals surface area contributed by atoms with Gasteiger partial charge in [-0.3, -0.25) is 9.36 Å². The maximum Gasteiger partial charge on any atom is 0.234 e. The molecule has 0 saturated heterocycles. The van der Waals surface area contributed by atoms with Crippen molar-refractivity contribution in [3.05, 3.63) is 72.3 Å². The number of rotatable bonds is 7. The van der Waals surface area contributed by atoms with Crippen molar-refractivity contribution in [2.24, 2.45) is 0 Å². The average molecular weight is 379 g/mol. The highest BCUT2D eigenvalue weighted by Crippen LogP contribution is 2.24. The molecule has 0 fully saturated rings. The molecule has 27 heavy (non-hydrogen) atoms. The smallest absolute Gasteiger partial charge is 0.234 e.